The number of benzene rings is 1. The Balaban J connectivity index is 3.26. The van der Waals surface area contributed by atoms with Gasteiger partial charge in [-0.3, -0.25) is 14.9 Å². The molecule has 0 spiro atoms. The molecular weight excluding hydrogens is 272 g/mol. The van der Waals surface area contributed by atoms with Crippen LogP contribution >= 0.6 is 11.6 Å². The third kappa shape index (κ3) is 3.18. The molecular formula is C11H7ClN4O3. The van der Waals surface area contributed by atoms with E-state index < -0.39 is 16.5 Å². The number of rotatable bonds is 4. The van der Waals surface area contributed by atoms with Gasteiger partial charge in [-0.05, 0) is 12.1 Å². The molecule has 0 atom stereocenters. The second-order valence-electron chi connectivity index (χ2n) is 3.37. The van der Waals surface area contributed by atoms with Gasteiger partial charge < -0.3 is 4.90 Å². The molecule has 1 aromatic carbocycles. The molecule has 0 aliphatic heterocycles. The lowest BCUT2D eigenvalue weighted by Crippen LogP contribution is -2.32. The van der Waals surface area contributed by atoms with Crippen molar-refractivity contribution in [1.82, 2.24) is 4.90 Å². The number of nitro groups is 1. The predicted octanol–water partition coefficient (Wildman–Crippen LogP) is 1.74. The highest BCUT2D eigenvalue weighted by atomic mass is 35.5. The van der Waals surface area contributed by atoms with Crippen LogP contribution in [0.1, 0.15) is 10.4 Å². The van der Waals surface area contributed by atoms with E-state index in [-0.39, 0.29) is 23.7 Å². The van der Waals surface area contributed by atoms with Gasteiger partial charge in [0.25, 0.3) is 5.91 Å². The van der Waals surface area contributed by atoms with Crippen molar-refractivity contribution in [1.29, 1.82) is 10.5 Å². The van der Waals surface area contributed by atoms with Crippen LogP contribution in [0.25, 0.3) is 0 Å². The molecule has 0 N–H and O–H groups in total. The van der Waals surface area contributed by atoms with Gasteiger partial charge in [0.1, 0.15) is 23.7 Å². The van der Waals surface area contributed by atoms with Crippen molar-refractivity contribution in [2.45, 2.75) is 0 Å². The number of carbonyl (C=O) groups excluding carboxylic acids is 1. The van der Waals surface area contributed by atoms with Gasteiger partial charge in [-0.1, -0.05) is 17.7 Å². The maximum Gasteiger partial charge on any atom is 0.300 e. The summed E-state index contributed by atoms with van der Waals surface area (Å²) in [4.78, 5) is 23.1. The topological polar surface area (TPSA) is 111 Å². The number of para-hydroxylation sites is 1. The lowest BCUT2D eigenvalue weighted by Gasteiger charge is -2.15. The Morgan fingerprint density at radius 3 is 2.42 bits per heavy atom. The second kappa shape index (κ2) is 6.34. The number of nitrogens with zero attached hydrogens (tertiary/aromatic N) is 4. The van der Waals surface area contributed by atoms with Gasteiger partial charge in [0.05, 0.1) is 17.1 Å². The van der Waals surface area contributed by atoms with Crippen molar-refractivity contribution in [3.8, 4) is 12.1 Å². The Bertz CT molecular complexity index is 587. The Morgan fingerprint density at radius 1 is 1.37 bits per heavy atom. The number of hydrogen-bond acceptors (Lipinski definition) is 5. The maximum atomic E-state index is 12.1. The minimum absolute atomic E-state index is 0.176. The molecule has 19 heavy (non-hydrogen) atoms. The van der Waals surface area contributed by atoms with Crippen LogP contribution in [-0.2, 0) is 0 Å². The van der Waals surface area contributed by atoms with Crippen LogP contribution < -0.4 is 0 Å². The maximum absolute atomic E-state index is 12.1. The third-order valence-electron chi connectivity index (χ3n) is 2.21. The summed E-state index contributed by atoms with van der Waals surface area (Å²) in [5.74, 6) is -0.780. The van der Waals surface area contributed by atoms with E-state index in [0.29, 0.717) is 0 Å². The number of hydrogen-bond donors (Lipinski definition) is 0. The molecule has 0 aliphatic rings. The molecule has 1 rings (SSSR count). The first kappa shape index (κ1) is 14.4. The van der Waals surface area contributed by atoms with Gasteiger partial charge in [0.15, 0.2) is 0 Å². The smallest absolute Gasteiger partial charge is 0.300 e. The standard InChI is InChI=1S/C11H7ClN4O3/c12-9-3-1-2-8(10(9)16(18)19)11(17)15(6-4-13)7-5-14/h1-3H,6-7H2. The second-order valence-corrected chi connectivity index (χ2v) is 3.78. The zero-order valence-electron chi connectivity index (χ0n) is 9.54. The summed E-state index contributed by atoms with van der Waals surface area (Å²) in [7, 11) is 0. The van der Waals surface area contributed by atoms with E-state index in [1.54, 1.807) is 12.1 Å². The summed E-state index contributed by atoms with van der Waals surface area (Å²) in [6.07, 6.45) is 0. The minimum atomic E-state index is -0.780. The van der Waals surface area contributed by atoms with E-state index in [1.807, 2.05) is 0 Å². The SMILES string of the molecule is N#CCN(CC#N)C(=O)c1cccc(Cl)c1[N+](=O)[O-]. The number of nitriles is 2. The van der Waals surface area contributed by atoms with Crippen molar-refractivity contribution in [3.05, 3.63) is 38.9 Å². The predicted molar refractivity (Wildman–Crippen MR) is 65.2 cm³/mol. The van der Waals surface area contributed by atoms with E-state index in [4.69, 9.17) is 22.1 Å². The van der Waals surface area contributed by atoms with Crippen molar-refractivity contribution in [2.75, 3.05) is 13.1 Å². The van der Waals surface area contributed by atoms with Crippen LogP contribution in [0.5, 0.6) is 0 Å². The fourth-order valence-corrected chi connectivity index (χ4v) is 1.66. The van der Waals surface area contributed by atoms with Gasteiger partial charge in [0.2, 0.25) is 0 Å². The molecule has 7 nitrogen and oxygen atoms in total. The van der Waals surface area contributed by atoms with Crippen molar-refractivity contribution in [2.24, 2.45) is 0 Å². The summed E-state index contributed by atoms with van der Waals surface area (Å²) < 4.78 is 0. The van der Waals surface area contributed by atoms with E-state index >= 15 is 0 Å². The average Bonchev–Trinajstić information content (AvgIpc) is 2.37. The highest BCUT2D eigenvalue weighted by Crippen LogP contribution is 2.28. The van der Waals surface area contributed by atoms with Gasteiger partial charge >= 0.3 is 5.69 Å². The molecule has 1 amide bonds. The number of nitro benzene ring substituents is 1. The lowest BCUT2D eigenvalue weighted by molar-refractivity contribution is -0.385. The fraction of sp³-hybridized carbons (Fsp3) is 0.182. The molecule has 96 valence electrons. The zero-order valence-corrected chi connectivity index (χ0v) is 10.3. The first-order valence-electron chi connectivity index (χ1n) is 4.99. The number of amides is 1. The Labute approximate surface area is 113 Å². The van der Waals surface area contributed by atoms with Gasteiger partial charge in [-0.15, -0.1) is 0 Å². The van der Waals surface area contributed by atoms with Crippen molar-refractivity contribution >= 4 is 23.2 Å². The van der Waals surface area contributed by atoms with E-state index in [9.17, 15) is 14.9 Å². The zero-order chi connectivity index (χ0) is 14.4. The van der Waals surface area contributed by atoms with Gasteiger partial charge in [-0.25, -0.2) is 0 Å². The summed E-state index contributed by atoms with van der Waals surface area (Å²) in [6.45, 7) is -0.674. The molecule has 0 aliphatic carbocycles. The molecule has 0 fully saturated rings. The van der Waals surface area contributed by atoms with E-state index in [2.05, 4.69) is 0 Å². The quantitative estimate of drug-likeness (QED) is 0.473. The van der Waals surface area contributed by atoms with Crippen LogP contribution in [0.2, 0.25) is 5.02 Å². The molecule has 0 saturated heterocycles. The van der Waals surface area contributed by atoms with Gasteiger partial charge in [-0.2, -0.15) is 10.5 Å². The first-order chi connectivity index (χ1) is 9.02. The summed E-state index contributed by atoms with van der Waals surface area (Å²) >= 11 is 5.68. The van der Waals surface area contributed by atoms with E-state index in [1.165, 1.54) is 18.2 Å². The number of carbonyl (C=O) groups is 1. The van der Waals surface area contributed by atoms with Crippen LogP contribution in [0.15, 0.2) is 18.2 Å². The monoisotopic (exact) mass is 278 g/mol. The Morgan fingerprint density at radius 2 is 1.95 bits per heavy atom. The largest absolute Gasteiger partial charge is 0.312 e. The molecule has 0 saturated carbocycles. The molecule has 0 heterocycles. The van der Waals surface area contributed by atoms with Crippen molar-refractivity contribution < 1.29 is 9.72 Å². The van der Waals surface area contributed by atoms with Crippen molar-refractivity contribution in [3.63, 3.8) is 0 Å². The average molecular weight is 279 g/mol. The highest BCUT2D eigenvalue weighted by molar-refractivity contribution is 6.33. The first-order valence-corrected chi connectivity index (χ1v) is 5.36. The summed E-state index contributed by atoms with van der Waals surface area (Å²) in [5, 5.41) is 27.9. The number of halogens is 1. The van der Waals surface area contributed by atoms with E-state index in [0.717, 1.165) is 4.90 Å². The fourth-order valence-electron chi connectivity index (χ4n) is 1.41. The van der Waals surface area contributed by atoms with Crippen LogP contribution in [-0.4, -0.2) is 28.8 Å². The highest BCUT2D eigenvalue weighted by Gasteiger charge is 2.26. The summed E-state index contributed by atoms with van der Waals surface area (Å²) in [6, 6.07) is 7.34. The molecule has 0 bridgehead atoms. The molecule has 1 aromatic rings. The summed E-state index contributed by atoms with van der Waals surface area (Å²) in [5.41, 5.74) is -0.780. The third-order valence-corrected chi connectivity index (χ3v) is 2.52. The molecule has 0 unspecified atom stereocenters. The van der Waals surface area contributed by atoms with Gasteiger partial charge in [0, 0.05) is 0 Å². The molecule has 8 heteroatoms. The lowest BCUT2D eigenvalue weighted by atomic mass is 10.1. The molecule has 0 aromatic heterocycles. The Kier molecular flexibility index (Phi) is 4.81. The van der Waals surface area contributed by atoms with Crippen LogP contribution in [0.3, 0.4) is 0 Å². The van der Waals surface area contributed by atoms with Crippen LogP contribution in [0, 0.1) is 32.8 Å². The normalized spacial score (nSPS) is 9.21. The van der Waals surface area contributed by atoms with Crippen LogP contribution in [0.4, 0.5) is 5.69 Å². The molecule has 0 radical (unpaired) electrons. The Hall–Kier alpha value is -2.64. The minimum Gasteiger partial charge on any atom is -0.312 e.